The van der Waals surface area contributed by atoms with Gasteiger partial charge in [0.1, 0.15) is 5.75 Å². The van der Waals surface area contributed by atoms with E-state index in [0.717, 1.165) is 11.1 Å². The summed E-state index contributed by atoms with van der Waals surface area (Å²) in [6.07, 6.45) is -0.303. The molecule has 0 radical (unpaired) electrons. The average Bonchev–Trinajstić information content (AvgIpc) is 2.83. The van der Waals surface area contributed by atoms with Crippen LogP contribution in [0.2, 0.25) is 0 Å². The summed E-state index contributed by atoms with van der Waals surface area (Å²) in [6, 6.07) is 10.3. The van der Waals surface area contributed by atoms with Crippen molar-refractivity contribution in [2.24, 2.45) is 0 Å². The minimum absolute atomic E-state index is 0.302. The van der Waals surface area contributed by atoms with E-state index in [2.05, 4.69) is 5.32 Å². The van der Waals surface area contributed by atoms with Gasteiger partial charge in [0.15, 0.2) is 11.4 Å². The molecule has 0 aromatic heterocycles. The molecule has 124 valence electrons. The zero-order valence-electron chi connectivity index (χ0n) is 13.8. The Hall–Kier alpha value is -2.66. The number of fused-ring (bicyclic) bond motifs is 1. The van der Waals surface area contributed by atoms with Gasteiger partial charge < -0.3 is 15.2 Å². The average molecular weight is 325 g/mol. The number of carbonyl (C=O) groups is 2. The summed E-state index contributed by atoms with van der Waals surface area (Å²) in [5.74, 6) is -0.221. The summed E-state index contributed by atoms with van der Waals surface area (Å²) >= 11 is 0. The minimum atomic E-state index is -1.84. The van der Waals surface area contributed by atoms with E-state index in [9.17, 15) is 14.7 Å². The van der Waals surface area contributed by atoms with Crippen LogP contribution in [0.4, 0.5) is 5.69 Å². The smallest absolute Gasteiger partial charge is 0.261 e. The molecule has 3 rings (SSSR count). The Kier molecular flexibility index (Phi) is 3.89. The minimum Gasteiger partial charge on any atom is -0.497 e. The van der Waals surface area contributed by atoms with E-state index in [0.29, 0.717) is 22.6 Å². The number of benzene rings is 2. The maximum Gasteiger partial charge on any atom is 0.261 e. The summed E-state index contributed by atoms with van der Waals surface area (Å²) in [5.41, 5.74) is 1.31. The summed E-state index contributed by atoms with van der Waals surface area (Å²) in [7, 11) is 1.55. The third kappa shape index (κ3) is 2.47. The van der Waals surface area contributed by atoms with Gasteiger partial charge in [0.25, 0.3) is 5.91 Å². The lowest BCUT2D eigenvalue weighted by Crippen LogP contribution is -2.37. The number of methoxy groups -OCH3 is 1. The Balaban J connectivity index is 1.96. The quantitative estimate of drug-likeness (QED) is 0.848. The second-order valence-electron chi connectivity index (χ2n) is 6.09. The predicted octanol–water partition coefficient (Wildman–Crippen LogP) is 2.72. The van der Waals surface area contributed by atoms with Gasteiger partial charge in [-0.1, -0.05) is 12.1 Å². The molecule has 0 fully saturated rings. The van der Waals surface area contributed by atoms with Crippen molar-refractivity contribution in [3.05, 3.63) is 58.7 Å². The van der Waals surface area contributed by atoms with Gasteiger partial charge in [-0.3, -0.25) is 9.59 Å². The van der Waals surface area contributed by atoms with Crippen LogP contribution in [-0.4, -0.2) is 23.9 Å². The lowest BCUT2D eigenvalue weighted by Gasteiger charge is -2.22. The molecule has 0 aliphatic carbocycles. The van der Waals surface area contributed by atoms with Crippen molar-refractivity contribution in [1.29, 1.82) is 0 Å². The topological polar surface area (TPSA) is 75.6 Å². The van der Waals surface area contributed by atoms with Crippen LogP contribution in [0.15, 0.2) is 36.4 Å². The van der Waals surface area contributed by atoms with Crippen molar-refractivity contribution in [2.45, 2.75) is 25.9 Å². The van der Waals surface area contributed by atoms with Crippen molar-refractivity contribution in [3.63, 3.8) is 0 Å². The second kappa shape index (κ2) is 5.76. The molecule has 24 heavy (non-hydrogen) atoms. The van der Waals surface area contributed by atoms with Crippen LogP contribution < -0.4 is 10.1 Å². The number of aliphatic hydroxyl groups is 1. The Morgan fingerprint density at radius 2 is 1.75 bits per heavy atom. The van der Waals surface area contributed by atoms with Gasteiger partial charge >= 0.3 is 0 Å². The standard InChI is InChI=1S/C19H19NO4/c1-11-4-5-12(2)17-16(11)19(23,18(22)20-17)10-15(21)13-6-8-14(24-3)9-7-13/h4-9,23H,10H2,1-3H3,(H,20,22). The zero-order valence-corrected chi connectivity index (χ0v) is 13.8. The Bertz CT molecular complexity index is 826. The number of hydrogen-bond donors (Lipinski definition) is 2. The monoisotopic (exact) mass is 325 g/mol. The molecule has 0 bridgehead atoms. The highest BCUT2D eigenvalue weighted by molar-refractivity contribution is 6.10. The van der Waals surface area contributed by atoms with Crippen LogP contribution in [-0.2, 0) is 10.4 Å². The molecule has 5 nitrogen and oxygen atoms in total. The molecule has 2 N–H and O–H groups in total. The predicted molar refractivity (Wildman–Crippen MR) is 90.4 cm³/mol. The number of ketones is 1. The molecule has 1 unspecified atom stereocenters. The van der Waals surface area contributed by atoms with E-state index in [1.165, 1.54) is 0 Å². The van der Waals surface area contributed by atoms with Crippen molar-refractivity contribution >= 4 is 17.4 Å². The van der Waals surface area contributed by atoms with Crippen LogP contribution in [0, 0.1) is 13.8 Å². The van der Waals surface area contributed by atoms with Gasteiger partial charge in [0, 0.05) is 11.1 Å². The van der Waals surface area contributed by atoms with Gasteiger partial charge in [-0.2, -0.15) is 0 Å². The number of ether oxygens (including phenoxy) is 1. The molecule has 2 aromatic carbocycles. The summed E-state index contributed by atoms with van der Waals surface area (Å²) < 4.78 is 5.07. The van der Waals surface area contributed by atoms with Crippen LogP contribution >= 0.6 is 0 Å². The third-order valence-electron chi connectivity index (χ3n) is 4.48. The number of anilines is 1. The van der Waals surface area contributed by atoms with E-state index >= 15 is 0 Å². The van der Waals surface area contributed by atoms with Gasteiger partial charge in [-0.05, 0) is 49.2 Å². The van der Waals surface area contributed by atoms with E-state index in [4.69, 9.17) is 4.74 Å². The molecule has 1 aliphatic rings. The lowest BCUT2D eigenvalue weighted by atomic mass is 9.85. The van der Waals surface area contributed by atoms with Crippen molar-refractivity contribution < 1.29 is 19.4 Å². The number of Topliss-reactive ketones (excluding diaryl/α,β-unsaturated/α-hetero) is 1. The Morgan fingerprint density at radius 1 is 1.12 bits per heavy atom. The number of aryl methyl sites for hydroxylation is 2. The molecule has 1 amide bonds. The summed E-state index contributed by atoms with van der Waals surface area (Å²) in [6.45, 7) is 3.68. The number of nitrogens with one attached hydrogen (secondary N) is 1. The molecule has 5 heteroatoms. The lowest BCUT2D eigenvalue weighted by molar-refractivity contribution is -0.133. The molecule has 1 atom stereocenters. The fourth-order valence-corrected chi connectivity index (χ4v) is 3.12. The molecule has 0 spiro atoms. The molecule has 0 saturated heterocycles. The number of hydrogen-bond acceptors (Lipinski definition) is 4. The zero-order chi connectivity index (χ0) is 17.5. The van der Waals surface area contributed by atoms with Crippen molar-refractivity contribution in [3.8, 4) is 5.75 Å². The first-order chi connectivity index (χ1) is 11.4. The molecule has 1 heterocycles. The molecule has 2 aromatic rings. The molecule has 0 saturated carbocycles. The maximum absolute atomic E-state index is 12.6. The highest BCUT2D eigenvalue weighted by Crippen LogP contribution is 2.42. The van der Waals surface area contributed by atoms with Crippen LogP contribution in [0.5, 0.6) is 5.75 Å². The van der Waals surface area contributed by atoms with Crippen molar-refractivity contribution in [1.82, 2.24) is 0 Å². The number of rotatable bonds is 4. The fourth-order valence-electron chi connectivity index (χ4n) is 3.12. The van der Waals surface area contributed by atoms with Crippen LogP contribution in [0.25, 0.3) is 0 Å². The van der Waals surface area contributed by atoms with Gasteiger partial charge in [-0.15, -0.1) is 0 Å². The highest BCUT2D eigenvalue weighted by atomic mass is 16.5. The van der Waals surface area contributed by atoms with Gasteiger partial charge in [-0.25, -0.2) is 0 Å². The van der Waals surface area contributed by atoms with E-state index in [1.54, 1.807) is 31.4 Å². The Morgan fingerprint density at radius 3 is 2.38 bits per heavy atom. The molecular weight excluding hydrogens is 306 g/mol. The Labute approximate surface area is 140 Å². The first-order valence-electron chi connectivity index (χ1n) is 7.68. The van der Waals surface area contributed by atoms with Crippen molar-refractivity contribution in [2.75, 3.05) is 12.4 Å². The van der Waals surface area contributed by atoms with E-state index in [1.807, 2.05) is 26.0 Å². The second-order valence-corrected chi connectivity index (χ2v) is 6.09. The largest absolute Gasteiger partial charge is 0.497 e. The van der Waals surface area contributed by atoms with Crippen LogP contribution in [0.3, 0.4) is 0 Å². The van der Waals surface area contributed by atoms with Crippen LogP contribution in [0.1, 0.15) is 33.5 Å². The normalized spacial score (nSPS) is 18.9. The van der Waals surface area contributed by atoms with E-state index in [-0.39, 0.29) is 12.2 Å². The maximum atomic E-state index is 12.6. The number of carbonyl (C=O) groups excluding carboxylic acids is 2. The van der Waals surface area contributed by atoms with E-state index < -0.39 is 11.5 Å². The summed E-state index contributed by atoms with van der Waals surface area (Å²) in [4.78, 5) is 25.0. The van der Waals surface area contributed by atoms with Gasteiger partial charge in [0.2, 0.25) is 0 Å². The SMILES string of the molecule is COc1ccc(C(=O)CC2(O)C(=O)Nc3c(C)ccc(C)c32)cc1. The first-order valence-corrected chi connectivity index (χ1v) is 7.68. The summed E-state index contributed by atoms with van der Waals surface area (Å²) in [5, 5.41) is 13.7. The number of amides is 1. The fraction of sp³-hybridized carbons (Fsp3) is 0.263. The van der Waals surface area contributed by atoms with Gasteiger partial charge in [0.05, 0.1) is 19.2 Å². The highest BCUT2D eigenvalue weighted by Gasteiger charge is 2.48. The molecule has 1 aliphatic heterocycles. The first kappa shape index (κ1) is 16.2. The molecular formula is C19H19NO4. The third-order valence-corrected chi connectivity index (χ3v) is 4.48.